The number of fused-ring (bicyclic) bond motifs is 1. The number of piperidine rings is 1. The van der Waals surface area contributed by atoms with Gasteiger partial charge in [-0.3, -0.25) is 0 Å². The minimum atomic E-state index is 0.518. The number of likely N-dealkylation sites (N-methyl/N-ethyl adjacent to an activating group) is 1. The molecule has 0 spiro atoms. The van der Waals surface area contributed by atoms with E-state index in [-0.39, 0.29) is 0 Å². The highest BCUT2D eigenvalue weighted by Gasteiger charge is 2.19. The summed E-state index contributed by atoms with van der Waals surface area (Å²) in [7, 11) is 2.20. The molecule has 0 amide bonds. The first-order valence-electron chi connectivity index (χ1n) is 10.3. The highest BCUT2D eigenvalue weighted by Crippen LogP contribution is 2.30. The summed E-state index contributed by atoms with van der Waals surface area (Å²) in [4.78, 5) is 14.0. The van der Waals surface area contributed by atoms with Gasteiger partial charge in [-0.1, -0.05) is 0 Å². The van der Waals surface area contributed by atoms with Crippen LogP contribution >= 0.6 is 0 Å². The molecule has 0 aliphatic carbocycles. The molecule has 4 rings (SSSR count). The normalized spacial score (nSPS) is 20.2. The number of benzene rings is 1. The van der Waals surface area contributed by atoms with Gasteiger partial charge in [0.25, 0.3) is 0 Å². The van der Waals surface area contributed by atoms with Gasteiger partial charge in [0.1, 0.15) is 12.1 Å². The number of aromatic nitrogens is 2. The number of piperazine rings is 1. The van der Waals surface area contributed by atoms with Crippen LogP contribution in [-0.4, -0.2) is 79.2 Å². The van der Waals surface area contributed by atoms with E-state index < -0.39 is 0 Å². The maximum atomic E-state index is 6.06. The van der Waals surface area contributed by atoms with Crippen molar-refractivity contribution in [3.63, 3.8) is 0 Å². The van der Waals surface area contributed by atoms with Crippen LogP contribution in [0.3, 0.4) is 0 Å². The van der Waals surface area contributed by atoms with Gasteiger partial charge >= 0.3 is 0 Å². The molecule has 6 heteroatoms. The van der Waals surface area contributed by atoms with Gasteiger partial charge in [0.2, 0.25) is 0 Å². The number of ether oxygens (including phenoxy) is 1. The van der Waals surface area contributed by atoms with Crippen LogP contribution in [-0.2, 0) is 0 Å². The van der Waals surface area contributed by atoms with E-state index in [4.69, 9.17) is 4.74 Å². The van der Waals surface area contributed by atoms with E-state index in [1.54, 1.807) is 6.33 Å². The summed E-state index contributed by atoms with van der Waals surface area (Å²) in [5, 5.41) is 4.59. The Bertz CT molecular complexity index is 738. The Balaban J connectivity index is 1.36. The molecule has 0 saturated carbocycles. The third-order valence-electron chi connectivity index (χ3n) is 5.85. The molecular formula is C21H31N5O. The zero-order chi connectivity index (χ0) is 18.5. The van der Waals surface area contributed by atoms with Crippen molar-refractivity contribution in [3.8, 4) is 5.75 Å². The highest BCUT2D eigenvalue weighted by atomic mass is 16.5. The molecule has 1 aromatic carbocycles. The first-order chi connectivity index (χ1) is 13.3. The molecule has 146 valence electrons. The average molecular weight is 370 g/mol. The Kier molecular flexibility index (Phi) is 6.17. The molecule has 0 bridgehead atoms. The summed E-state index contributed by atoms with van der Waals surface area (Å²) in [6.07, 6.45) is 5.05. The molecule has 2 aliphatic rings. The van der Waals surface area contributed by atoms with Gasteiger partial charge in [-0.15, -0.1) is 0 Å². The van der Waals surface area contributed by atoms with E-state index in [2.05, 4.69) is 44.3 Å². The molecule has 27 heavy (non-hydrogen) atoms. The molecule has 0 atom stereocenters. The number of nitrogens with zero attached hydrogens (tertiary/aromatic N) is 4. The van der Waals surface area contributed by atoms with Gasteiger partial charge in [-0.25, -0.2) is 9.97 Å². The van der Waals surface area contributed by atoms with Crippen molar-refractivity contribution in [2.75, 3.05) is 59.5 Å². The predicted molar refractivity (Wildman–Crippen MR) is 108 cm³/mol. The predicted octanol–water partition coefficient (Wildman–Crippen LogP) is 2.11. The summed E-state index contributed by atoms with van der Waals surface area (Å²) in [6, 6.07) is 6.25. The van der Waals surface area contributed by atoms with Crippen molar-refractivity contribution in [2.45, 2.75) is 25.2 Å². The average Bonchev–Trinajstić information content (AvgIpc) is 2.72. The van der Waals surface area contributed by atoms with Gasteiger partial charge in [0, 0.05) is 44.0 Å². The van der Waals surface area contributed by atoms with E-state index >= 15 is 0 Å². The fraction of sp³-hybridized carbons (Fsp3) is 0.619. The van der Waals surface area contributed by atoms with Crippen LogP contribution in [0.4, 0.5) is 0 Å². The van der Waals surface area contributed by atoms with Gasteiger partial charge in [-0.05, 0) is 57.6 Å². The van der Waals surface area contributed by atoms with Crippen LogP contribution in [0.5, 0.6) is 5.75 Å². The van der Waals surface area contributed by atoms with Crippen LogP contribution in [0.1, 0.15) is 30.9 Å². The summed E-state index contributed by atoms with van der Waals surface area (Å²) in [5.41, 5.74) is 2.20. The SMILES string of the molecule is CN1CCN(CCCOc2ccc3ncnc(C4CCNCC4)c3c2)CC1. The van der Waals surface area contributed by atoms with E-state index in [1.807, 2.05) is 6.07 Å². The largest absolute Gasteiger partial charge is 0.494 e. The molecule has 0 radical (unpaired) electrons. The maximum absolute atomic E-state index is 6.06. The summed E-state index contributed by atoms with van der Waals surface area (Å²) < 4.78 is 6.06. The van der Waals surface area contributed by atoms with Crippen LogP contribution in [0, 0.1) is 0 Å². The second kappa shape index (κ2) is 8.95. The van der Waals surface area contributed by atoms with Crippen molar-refractivity contribution in [1.29, 1.82) is 0 Å². The van der Waals surface area contributed by atoms with Crippen LogP contribution < -0.4 is 10.1 Å². The van der Waals surface area contributed by atoms with Crippen molar-refractivity contribution < 1.29 is 4.74 Å². The summed E-state index contributed by atoms with van der Waals surface area (Å²) in [5.74, 6) is 1.45. The van der Waals surface area contributed by atoms with Crippen LogP contribution in [0.15, 0.2) is 24.5 Å². The Labute approximate surface area is 161 Å². The summed E-state index contributed by atoms with van der Waals surface area (Å²) >= 11 is 0. The Morgan fingerprint density at radius 2 is 1.93 bits per heavy atom. The molecule has 0 unspecified atom stereocenters. The lowest BCUT2D eigenvalue weighted by Gasteiger charge is -2.32. The van der Waals surface area contributed by atoms with Gasteiger partial charge in [0.15, 0.2) is 0 Å². The zero-order valence-corrected chi connectivity index (χ0v) is 16.4. The molecule has 1 aromatic heterocycles. The third kappa shape index (κ3) is 4.75. The summed E-state index contributed by atoms with van der Waals surface area (Å²) in [6.45, 7) is 8.69. The fourth-order valence-electron chi connectivity index (χ4n) is 4.12. The molecule has 1 N–H and O–H groups in total. The Morgan fingerprint density at radius 3 is 2.74 bits per heavy atom. The monoisotopic (exact) mass is 369 g/mol. The van der Waals surface area contributed by atoms with Crippen LogP contribution in [0.2, 0.25) is 0 Å². The maximum Gasteiger partial charge on any atom is 0.120 e. The number of rotatable bonds is 6. The second-order valence-electron chi connectivity index (χ2n) is 7.81. The third-order valence-corrected chi connectivity index (χ3v) is 5.85. The minimum absolute atomic E-state index is 0.518. The second-order valence-corrected chi connectivity index (χ2v) is 7.81. The molecule has 2 fully saturated rings. The van der Waals surface area contributed by atoms with Crippen molar-refractivity contribution in [2.24, 2.45) is 0 Å². The van der Waals surface area contributed by atoms with Gasteiger partial charge in [0.05, 0.1) is 17.8 Å². The van der Waals surface area contributed by atoms with Crippen molar-refractivity contribution in [3.05, 3.63) is 30.2 Å². The van der Waals surface area contributed by atoms with Crippen molar-refractivity contribution >= 4 is 10.9 Å². The lowest BCUT2D eigenvalue weighted by molar-refractivity contribution is 0.145. The first-order valence-corrected chi connectivity index (χ1v) is 10.3. The van der Waals surface area contributed by atoms with E-state index in [1.165, 1.54) is 31.9 Å². The fourth-order valence-corrected chi connectivity index (χ4v) is 4.12. The molecule has 3 heterocycles. The standard InChI is InChI=1S/C21H31N5O/c1-25-10-12-26(13-11-25)9-2-14-27-18-3-4-20-19(15-18)21(24-16-23-20)17-5-7-22-8-6-17/h3-4,15-17,22H,2,5-14H2,1H3. The Morgan fingerprint density at radius 1 is 1.11 bits per heavy atom. The highest BCUT2D eigenvalue weighted by molar-refractivity contribution is 5.82. The number of nitrogens with one attached hydrogen (secondary N) is 1. The first kappa shape index (κ1) is 18.6. The van der Waals surface area contributed by atoms with E-state index in [0.29, 0.717) is 5.92 Å². The number of hydrogen-bond donors (Lipinski definition) is 1. The number of hydrogen-bond acceptors (Lipinski definition) is 6. The van der Waals surface area contributed by atoms with Crippen molar-refractivity contribution in [1.82, 2.24) is 25.1 Å². The van der Waals surface area contributed by atoms with E-state index in [9.17, 15) is 0 Å². The topological polar surface area (TPSA) is 53.5 Å². The smallest absolute Gasteiger partial charge is 0.120 e. The lowest BCUT2D eigenvalue weighted by atomic mass is 9.92. The van der Waals surface area contributed by atoms with Gasteiger partial charge < -0.3 is 19.9 Å². The van der Waals surface area contributed by atoms with E-state index in [0.717, 1.165) is 62.2 Å². The minimum Gasteiger partial charge on any atom is -0.494 e. The molecule has 2 aliphatic heterocycles. The quantitative estimate of drug-likeness (QED) is 0.787. The van der Waals surface area contributed by atoms with Gasteiger partial charge in [-0.2, -0.15) is 0 Å². The Hall–Kier alpha value is -1.76. The molecule has 2 aromatic rings. The zero-order valence-electron chi connectivity index (χ0n) is 16.4. The molecule has 6 nitrogen and oxygen atoms in total. The van der Waals surface area contributed by atoms with Crippen LogP contribution in [0.25, 0.3) is 10.9 Å². The molecular weight excluding hydrogens is 338 g/mol. The molecule has 2 saturated heterocycles. The lowest BCUT2D eigenvalue weighted by Crippen LogP contribution is -2.44.